The second-order valence-corrected chi connectivity index (χ2v) is 3.92. The molecule has 0 spiro atoms. The third-order valence-electron chi connectivity index (χ3n) is 1.91. The number of nitrogens with zero attached hydrogens (tertiary/aromatic N) is 1. The van der Waals surface area contributed by atoms with Crippen LogP contribution in [0.25, 0.3) is 0 Å². The van der Waals surface area contributed by atoms with Gasteiger partial charge in [-0.25, -0.2) is 4.79 Å². The van der Waals surface area contributed by atoms with E-state index in [4.69, 9.17) is 4.74 Å². The number of hydrogen-bond acceptors (Lipinski definition) is 3. The Morgan fingerprint density at radius 2 is 2.27 bits per heavy atom. The monoisotopic (exact) mass is 271 g/mol. The van der Waals surface area contributed by atoms with Gasteiger partial charge in [-0.15, -0.1) is 0 Å². The number of ether oxygens (including phenoxy) is 1. The van der Waals surface area contributed by atoms with Crippen molar-refractivity contribution in [2.45, 2.75) is 19.3 Å². The van der Waals surface area contributed by atoms with E-state index in [2.05, 4.69) is 20.9 Å². The van der Waals surface area contributed by atoms with Gasteiger partial charge in [-0.3, -0.25) is 4.98 Å². The Bertz CT molecular complexity index is 290. The van der Waals surface area contributed by atoms with Crippen molar-refractivity contribution in [1.82, 2.24) is 4.98 Å². The van der Waals surface area contributed by atoms with E-state index in [1.165, 1.54) is 6.20 Å². The molecule has 0 aliphatic rings. The van der Waals surface area contributed by atoms with E-state index in [1.807, 2.05) is 0 Å². The number of esters is 1. The first kappa shape index (κ1) is 12.2. The van der Waals surface area contributed by atoms with Gasteiger partial charge in [-0.05, 0) is 31.4 Å². The van der Waals surface area contributed by atoms with Gasteiger partial charge in [0.1, 0.15) is 0 Å². The molecule has 0 unspecified atom stereocenters. The number of pyridine rings is 1. The summed E-state index contributed by atoms with van der Waals surface area (Å²) in [4.78, 5) is 15.3. The summed E-state index contributed by atoms with van der Waals surface area (Å²) in [5.41, 5.74) is 0.512. The second-order valence-electron chi connectivity index (χ2n) is 3.13. The average molecular weight is 272 g/mol. The third kappa shape index (κ3) is 4.93. The smallest absolute Gasteiger partial charge is 0.339 e. The summed E-state index contributed by atoms with van der Waals surface area (Å²) in [6.07, 6.45) is 6.25. The molecule has 0 saturated carbocycles. The van der Waals surface area contributed by atoms with Crippen LogP contribution >= 0.6 is 15.9 Å². The molecule has 0 aliphatic carbocycles. The lowest BCUT2D eigenvalue weighted by atomic mass is 10.2. The Labute approximate surface area is 98.0 Å². The predicted octanol–water partition coefficient (Wildman–Crippen LogP) is 2.80. The van der Waals surface area contributed by atoms with Crippen LogP contribution < -0.4 is 0 Å². The largest absolute Gasteiger partial charge is 0.462 e. The molecule has 1 rings (SSSR count). The maximum absolute atomic E-state index is 11.4. The van der Waals surface area contributed by atoms with Crippen molar-refractivity contribution in [1.29, 1.82) is 0 Å². The van der Waals surface area contributed by atoms with Crippen LogP contribution in [-0.2, 0) is 4.74 Å². The molecule has 1 heterocycles. The minimum absolute atomic E-state index is 0.290. The first-order chi connectivity index (χ1) is 7.34. The lowest BCUT2D eigenvalue weighted by Gasteiger charge is -2.03. The normalized spacial score (nSPS) is 9.93. The van der Waals surface area contributed by atoms with E-state index in [0.29, 0.717) is 12.2 Å². The number of halogens is 1. The van der Waals surface area contributed by atoms with Gasteiger partial charge in [0.05, 0.1) is 12.2 Å². The zero-order valence-electron chi connectivity index (χ0n) is 8.49. The van der Waals surface area contributed by atoms with Gasteiger partial charge in [-0.2, -0.15) is 0 Å². The molecule has 0 atom stereocenters. The lowest BCUT2D eigenvalue weighted by molar-refractivity contribution is 0.0498. The number of unbranched alkanes of at least 4 members (excludes halogenated alkanes) is 2. The van der Waals surface area contributed by atoms with Crippen molar-refractivity contribution < 1.29 is 9.53 Å². The van der Waals surface area contributed by atoms with E-state index < -0.39 is 0 Å². The molecule has 1 aromatic rings. The standard InChI is InChI=1S/C11H14BrNO2/c12-6-2-1-3-8-15-11(14)10-5-4-7-13-9-10/h4-5,7,9H,1-3,6,8H2. The Morgan fingerprint density at radius 1 is 1.40 bits per heavy atom. The molecule has 1 aromatic heterocycles. The van der Waals surface area contributed by atoms with E-state index in [-0.39, 0.29) is 5.97 Å². The molecule has 0 saturated heterocycles. The van der Waals surface area contributed by atoms with Crippen molar-refractivity contribution in [3.05, 3.63) is 30.1 Å². The minimum Gasteiger partial charge on any atom is -0.462 e. The summed E-state index contributed by atoms with van der Waals surface area (Å²) in [5, 5.41) is 1.00. The van der Waals surface area contributed by atoms with Crippen LogP contribution in [0.3, 0.4) is 0 Å². The van der Waals surface area contributed by atoms with Crippen LogP contribution in [0.4, 0.5) is 0 Å². The van der Waals surface area contributed by atoms with Crippen LogP contribution in [-0.4, -0.2) is 22.9 Å². The number of alkyl halides is 1. The molecule has 3 nitrogen and oxygen atoms in total. The van der Waals surface area contributed by atoms with E-state index in [0.717, 1.165) is 24.6 Å². The van der Waals surface area contributed by atoms with Gasteiger partial charge in [-0.1, -0.05) is 15.9 Å². The van der Waals surface area contributed by atoms with Gasteiger partial charge >= 0.3 is 5.97 Å². The van der Waals surface area contributed by atoms with Gasteiger partial charge in [0.15, 0.2) is 0 Å². The summed E-state index contributed by atoms with van der Waals surface area (Å²) in [6, 6.07) is 3.43. The fourth-order valence-electron chi connectivity index (χ4n) is 1.11. The molecule has 15 heavy (non-hydrogen) atoms. The highest BCUT2D eigenvalue weighted by Crippen LogP contribution is 2.02. The minimum atomic E-state index is -0.290. The molecule has 0 N–H and O–H groups in total. The fraction of sp³-hybridized carbons (Fsp3) is 0.455. The van der Waals surface area contributed by atoms with E-state index >= 15 is 0 Å². The Balaban J connectivity index is 2.20. The first-order valence-corrected chi connectivity index (χ1v) is 6.10. The average Bonchev–Trinajstić information content (AvgIpc) is 2.30. The Hall–Kier alpha value is -0.900. The molecule has 0 amide bonds. The van der Waals surface area contributed by atoms with Crippen LogP contribution in [0.15, 0.2) is 24.5 Å². The molecule has 4 heteroatoms. The molecule has 0 radical (unpaired) electrons. The van der Waals surface area contributed by atoms with Crippen LogP contribution in [0.5, 0.6) is 0 Å². The van der Waals surface area contributed by atoms with Gasteiger partial charge in [0.25, 0.3) is 0 Å². The number of aromatic nitrogens is 1. The van der Waals surface area contributed by atoms with Crippen LogP contribution in [0.2, 0.25) is 0 Å². The molecule has 82 valence electrons. The van der Waals surface area contributed by atoms with Crippen molar-refractivity contribution in [2.75, 3.05) is 11.9 Å². The van der Waals surface area contributed by atoms with E-state index in [1.54, 1.807) is 18.3 Å². The van der Waals surface area contributed by atoms with Crippen molar-refractivity contribution >= 4 is 21.9 Å². The SMILES string of the molecule is O=C(OCCCCCBr)c1cccnc1. The van der Waals surface area contributed by atoms with Gasteiger partial charge < -0.3 is 4.74 Å². The second kappa shape index (κ2) is 7.40. The number of hydrogen-bond donors (Lipinski definition) is 0. The van der Waals surface area contributed by atoms with E-state index in [9.17, 15) is 4.79 Å². The molecular formula is C11H14BrNO2. The lowest BCUT2D eigenvalue weighted by Crippen LogP contribution is -2.06. The van der Waals surface area contributed by atoms with Gasteiger partial charge in [0.2, 0.25) is 0 Å². The third-order valence-corrected chi connectivity index (χ3v) is 2.47. The van der Waals surface area contributed by atoms with Crippen molar-refractivity contribution in [3.63, 3.8) is 0 Å². The molecule has 0 aliphatic heterocycles. The fourth-order valence-corrected chi connectivity index (χ4v) is 1.50. The Kier molecular flexibility index (Phi) is 6.00. The maximum atomic E-state index is 11.4. The molecule has 0 fully saturated rings. The number of carbonyl (C=O) groups excluding carboxylic acids is 1. The summed E-state index contributed by atoms with van der Waals surface area (Å²) in [5.74, 6) is -0.290. The zero-order chi connectivity index (χ0) is 10.9. The molecule has 0 bridgehead atoms. The highest BCUT2D eigenvalue weighted by atomic mass is 79.9. The maximum Gasteiger partial charge on any atom is 0.339 e. The summed E-state index contributed by atoms with van der Waals surface area (Å²) >= 11 is 3.35. The first-order valence-electron chi connectivity index (χ1n) is 4.97. The van der Waals surface area contributed by atoms with Crippen molar-refractivity contribution in [3.8, 4) is 0 Å². The summed E-state index contributed by atoms with van der Waals surface area (Å²) in [7, 11) is 0. The Morgan fingerprint density at radius 3 is 2.93 bits per heavy atom. The topological polar surface area (TPSA) is 39.2 Å². The number of rotatable bonds is 6. The van der Waals surface area contributed by atoms with Crippen LogP contribution in [0, 0.1) is 0 Å². The molecule has 0 aromatic carbocycles. The quantitative estimate of drug-likeness (QED) is 0.454. The highest BCUT2D eigenvalue weighted by Gasteiger charge is 2.05. The zero-order valence-corrected chi connectivity index (χ0v) is 10.1. The van der Waals surface area contributed by atoms with Crippen molar-refractivity contribution in [2.24, 2.45) is 0 Å². The summed E-state index contributed by atoms with van der Waals surface area (Å²) < 4.78 is 5.08. The summed E-state index contributed by atoms with van der Waals surface area (Å²) in [6.45, 7) is 0.487. The van der Waals surface area contributed by atoms with Gasteiger partial charge in [0, 0.05) is 17.7 Å². The predicted molar refractivity (Wildman–Crippen MR) is 62.2 cm³/mol. The highest BCUT2D eigenvalue weighted by molar-refractivity contribution is 9.09. The molecular weight excluding hydrogens is 258 g/mol. The number of carbonyl (C=O) groups is 1. The van der Waals surface area contributed by atoms with Crippen LogP contribution in [0.1, 0.15) is 29.6 Å².